The quantitative estimate of drug-likeness (QED) is 0.362. The number of nitrogens with one attached hydrogen (secondary N) is 3. The summed E-state index contributed by atoms with van der Waals surface area (Å²) < 4.78 is 7.65. The molecule has 6 rings (SSSR count). The number of anilines is 2. The van der Waals surface area contributed by atoms with Gasteiger partial charge >= 0.3 is 6.09 Å². The van der Waals surface area contributed by atoms with Gasteiger partial charge in [-0.2, -0.15) is 10.2 Å². The van der Waals surface area contributed by atoms with Crippen LogP contribution in [0.3, 0.4) is 0 Å². The minimum absolute atomic E-state index is 0. The molecule has 2 aromatic heterocycles. The van der Waals surface area contributed by atoms with Crippen LogP contribution in [0.1, 0.15) is 73.4 Å². The number of carbonyl (C=O) groups is 5. The van der Waals surface area contributed by atoms with E-state index >= 15 is 0 Å². The number of piperidine rings is 2. The Bertz CT molecular complexity index is 1700. The highest BCUT2D eigenvalue weighted by Crippen LogP contribution is 2.20. The number of imide groups is 2. The van der Waals surface area contributed by atoms with E-state index in [4.69, 9.17) is 4.74 Å². The third-order valence-corrected chi connectivity index (χ3v) is 8.41. The molecular weight excluding hydrogens is 664 g/mol. The Kier molecular flexibility index (Phi) is 13.6. The van der Waals surface area contributed by atoms with Gasteiger partial charge in [-0.1, -0.05) is 14.9 Å². The number of nitrogens with zero attached hydrogens (tertiary/aromatic N) is 7. The topological polar surface area (TPSA) is 210 Å². The van der Waals surface area contributed by atoms with Crippen molar-refractivity contribution in [3.05, 3.63) is 45.2 Å². The van der Waals surface area contributed by atoms with Gasteiger partial charge in [0.2, 0.25) is 11.8 Å². The summed E-state index contributed by atoms with van der Waals surface area (Å²) >= 11 is 0. The van der Waals surface area contributed by atoms with Gasteiger partial charge in [0.25, 0.3) is 22.9 Å². The summed E-state index contributed by atoms with van der Waals surface area (Å²) in [7, 11) is 0. The summed E-state index contributed by atoms with van der Waals surface area (Å²) in [6.07, 6.45) is 3.77. The molecule has 2 aromatic rings. The molecule has 51 heavy (non-hydrogen) atoms. The van der Waals surface area contributed by atoms with Gasteiger partial charge < -0.3 is 24.8 Å². The lowest BCUT2D eigenvalue weighted by Crippen LogP contribution is -2.50. The number of amides is 5. The van der Waals surface area contributed by atoms with Crippen molar-refractivity contribution in [1.82, 2.24) is 40.4 Å². The fraction of sp³-hybridized carbons (Fsp3) is 0.606. The summed E-state index contributed by atoms with van der Waals surface area (Å²) in [5.74, 6) is -1.61. The zero-order chi connectivity index (χ0) is 35.3. The van der Waals surface area contributed by atoms with Crippen LogP contribution >= 0.6 is 0 Å². The fourth-order valence-electron chi connectivity index (χ4n) is 5.86. The molecule has 6 heterocycles. The van der Waals surface area contributed by atoms with E-state index in [0.29, 0.717) is 38.3 Å². The number of hydrogen-bond donors (Lipinski definition) is 3. The maximum atomic E-state index is 12.5. The van der Waals surface area contributed by atoms with Gasteiger partial charge in [-0.15, -0.1) is 0 Å². The Morgan fingerprint density at radius 1 is 0.706 bits per heavy atom. The Labute approximate surface area is 296 Å². The lowest BCUT2D eigenvalue weighted by molar-refractivity contribution is -0.137. The number of ether oxygens (including phenoxy) is 1. The van der Waals surface area contributed by atoms with Gasteiger partial charge in [-0.3, -0.25) is 39.4 Å². The zero-order valence-corrected chi connectivity index (χ0v) is 27.8. The maximum absolute atomic E-state index is 12.5. The van der Waals surface area contributed by atoms with E-state index in [-0.39, 0.29) is 57.6 Å². The molecule has 2 atom stereocenters. The van der Waals surface area contributed by atoms with Crippen LogP contribution in [0, 0.1) is 0 Å². The van der Waals surface area contributed by atoms with Crippen LogP contribution in [0.5, 0.6) is 0 Å². The smallest absolute Gasteiger partial charge is 0.410 e. The molecule has 0 bridgehead atoms. The van der Waals surface area contributed by atoms with Crippen molar-refractivity contribution in [2.45, 2.75) is 79.0 Å². The average Bonchev–Trinajstić information content (AvgIpc) is 3.05. The second kappa shape index (κ2) is 17.2. The van der Waals surface area contributed by atoms with E-state index < -0.39 is 35.1 Å². The molecule has 4 fully saturated rings. The lowest BCUT2D eigenvalue weighted by atomic mass is 10.1. The van der Waals surface area contributed by atoms with Gasteiger partial charge in [0.1, 0.15) is 17.7 Å². The van der Waals surface area contributed by atoms with Crippen molar-refractivity contribution < 1.29 is 28.7 Å². The highest BCUT2D eigenvalue weighted by Gasteiger charge is 2.31. The van der Waals surface area contributed by atoms with Crippen LogP contribution in [0.2, 0.25) is 0 Å². The van der Waals surface area contributed by atoms with Crippen molar-refractivity contribution in [3.63, 3.8) is 0 Å². The molecule has 18 heteroatoms. The summed E-state index contributed by atoms with van der Waals surface area (Å²) in [4.78, 5) is 88.6. The van der Waals surface area contributed by atoms with E-state index in [9.17, 15) is 33.6 Å². The molecular formula is C33H50N10O8. The zero-order valence-electron chi connectivity index (χ0n) is 27.8. The van der Waals surface area contributed by atoms with E-state index in [1.54, 1.807) is 11.1 Å². The highest BCUT2D eigenvalue weighted by molar-refractivity contribution is 6.00. The predicted octanol–water partition coefficient (Wildman–Crippen LogP) is 0.181. The van der Waals surface area contributed by atoms with Crippen molar-refractivity contribution in [2.24, 2.45) is 0 Å². The minimum atomic E-state index is -0.775. The third kappa shape index (κ3) is 10.2. The first-order valence-corrected chi connectivity index (χ1v) is 16.3. The Morgan fingerprint density at radius 3 is 1.53 bits per heavy atom. The third-order valence-electron chi connectivity index (χ3n) is 8.41. The summed E-state index contributed by atoms with van der Waals surface area (Å²) in [6.45, 7) is 10.9. The van der Waals surface area contributed by atoms with Crippen molar-refractivity contribution in [3.8, 4) is 0 Å². The van der Waals surface area contributed by atoms with Gasteiger partial charge in [-0.05, 0) is 33.6 Å². The first kappa shape index (κ1) is 40.3. The Hall–Kier alpha value is -5.13. The molecule has 0 aromatic carbocycles. The lowest BCUT2D eigenvalue weighted by Gasteiger charge is -2.36. The number of aromatic nitrogens is 4. The van der Waals surface area contributed by atoms with Gasteiger partial charge in [0, 0.05) is 77.3 Å². The molecule has 0 saturated carbocycles. The normalized spacial score (nSPS) is 20.9. The van der Waals surface area contributed by atoms with Gasteiger partial charge in [-0.25, -0.2) is 14.2 Å². The van der Waals surface area contributed by atoms with Crippen molar-refractivity contribution in [2.75, 3.05) is 62.2 Å². The highest BCUT2D eigenvalue weighted by atomic mass is 16.6. The van der Waals surface area contributed by atoms with Crippen LogP contribution in [-0.4, -0.2) is 112 Å². The molecule has 4 saturated heterocycles. The molecule has 3 N–H and O–H groups in total. The molecule has 2 unspecified atom stereocenters. The number of hydrogen-bond acceptors (Lipinski definition) is 13. The van der Waals surface area contributed by atoms with Crippen LogP contribution in [0.15, 0.2) is 34.1 Å². The van der Waals surface area contributed by atoms with E-state index in [0.717, 1.165) is 41.2 Å². The molecule has 4 aliphatic heterocycles. The largest absolute Gasteiger partial charge is 0.444 e. The molecule has 0 aliphatic carbocycles. The summed E-state index contributed by atoms with van der Waals surface area (Å²) in [6, 6.07) is 1.46. The second-order valence-corrected chi connectivity index (χ2v) is 13.1. The van der Waals surface area contributed by atoms with Crippen LogP contribution in [0.4, 0.5) is 16.2 Å². The molecule has 18 nitrogen and oxygen atoms in total. The fourth-order valence-corrected chi connectivity index (χ4v) is 5.86. The van der Waals surface area contributed by atoms with Crippen molar-refractivity contribution >= 4 is 41.1 Å². The first-order valence-electron chi connectivity index (χ1n) is 16.3. The minimum Gasteiger partial charge on any atom is -0.444 e. The molecule has 4 aliphatic rings. The summed E-state index contributed by atoms with van der Waals surface area (Å²) in [5.41, 5.74) is 0.142. The average molecular weight is 715 g/mol. The molecule has 0 radical (unpaired) electrons. The number of rotatable bonds is 4. The van der Waals surface area contributed by atoms with Gasteiger partial charge in [0.15, 0.2) is 0 Å². The van der Waals surface area contributed by atoms with Crippen molar-refractivity contribution in [1.29, 1.82) is 0 Å². The number of piperazine rings is 2. The maximum Gasteiger partial charge on any atom is 0.410 e. The molecule has 280 valence electrons. The molecule has 5 amide bonds. The Morgan fingerprint density at radius 2 is 1.14 bits per heavy atom. The van der Waals surface area contributed by atoms with E-state index in [1.807, 2.05) is 25.7 Å². The van der Waals surface area contributed by atoms with E-state index in [2.05, 4.69) is 31.0 Å². The summed E-state index contributed by atoms with van der Waals surface area (Å²) in [5, 5.41) is 16.0. The predicted molar refractivity (Wildman–Crippen MR) is 188 cm³/mol. The standard InChI is InChI=1S/C18H25N5O5.C13H17N5O3.2CH4/c1-18(2,3)28-17(27)22-8-6-21(7-9-22)12-10-15(25)23(19-11-12)13-4-5-14(24)20-16(13)26;19-11-2-1-10(13(21)16-11)18-12(20)7-9(8-15-18)17-5-3-14-4-6-17;;/h10-11,13H,4-9H2,1-3H3,(H,20,24,26);7-8,10,14H,1-6H2,(H,16,19,21);2*1H4. The van der Waals surface area contributed by atoms with Gasteiger partial charge in [0.05, 0.1) is 23.8 Å². The SMILES string of the molecule is C.C.CC(C)(C)OC(=O)N1CCN(c2cnn(C3CCC(=O)NC3=O)c(=O)c2)CC1.O=C1CCC(n2ncc(N3CCNCC3)cc2=O)C(=O)N1. The molecule has 0 spiro atoms. The van der Waals surface area contributed by atoms with E-state index in [1.165, 1.54) is 18.3 Å². The van der Waals surface area contributed by atoms with Crippen LogP contribution < -0.4 is 36.9 Å². The first-order chi connectivity index (χ1) is 23.3. The number of carbonyl (C=O) groups excluding carboxylic acids is 5. The van der Waals surface area contributed by atoms with Crippen LogP contribution in [0.25, 0.3) is 0 Å². The van der Waals surface area contributed by atoms with Crippen LogP contribution in [-0.2, 0) is 23.9 Å². The Balaban J connectivity index is 0.000000274. The second-order valence-electron chi connectivity index (χ2n) is 13.1. The monoisotopic (exact) mass is 714 g/mol.